The zero-order valence-electron chi connectivity index (χ0n) is 18.2. The average Bonchev–Trinajstić information content (AvgIpc) is 3.37. The van der Waals surface area contributed by atoms with Gasteiger partial charge in [-0.1, -0.05) is 38.0 Å². The molecule has 2 amide bonds. The van der Waals surface area contributed by atoms with Gasteiger partial charge >= 0.3 is 0 Å². The molecule has 0 bridgehead atoms. The number of amides is 2. The number of nitrogens with zero attached hydrogens (tertiary/aromatic N) is 2. The second-order valence-corrected chi connectivity index (χ2v) is 9.99. The van der Waals surface area contributed by atoms with E-state index < -0.39 is 5.54 Å². The molecule has 0 radical (unpaired) electrons. The number of carbonyl (C=O) groups is 2. The van der Waals surface area contributed by atoms with Crippen molar-refractivity contribution in [3.63, 3.8) is 0 Å². The normalized spacial score (nSPS) is 29.9. The number of hydrogen-bond donors (Lipinski definition) is 1. The predicted molar refractivity (Wildman–Crippen MR) is 118 cm³/mol. The molecule has 0 spiro atoms. The summed E-state index contributed by atoms with van der Waals surface area (Å²) in [7, 11) is 0. The Balaban J connectivity index is 1.56. The van der Waals surface area contributed by atoms with E-state index in [4.69, 9.17) is 0 Å². The van der Waals surface area contributed by atoms with Crippen LogP contribution < -0.4 is 5.32 Å². The van der Waals surface area contributed by atoms with Crippen LogP contribution in [0.15, 0.2) is 30.3 Å². The molecule has 5 rings (SSSR count). The minimum absolute atomic E-state index is 0.0149. The fourth-order valence-corrected chi connectivity index (χ4v) is 5.95. The number of para-hydroxylation sites is 1. The minimum Gasteiger partial charge on any atom is -0.351 e. The van der Waals surface area contributed by atoms with Crippen molar-refractivity contribution in [2.24, 2.45) is 5.92 Å². The van der Waals surface area contributed by atoms with Gasteiger partial charge in [0, 0.05) is 23.0 Å². The highest BCUT2D eigenvalue weighted by Crippen LogP contribution is 2.38. The Morgan fingerprint density at radius 2 is 1.77 bits per heavy atom. The predicted octanol–water partition coefficient (Wildman–Crippen LogP) is 4.49. The summed E-state index contributed by atoms with van der Waals surface area (Å²) in [6, 6.07) is 10.5. The fraction of sp³-hybridized carbons (Fsp3) is 0.600. The van der Waals surface area contributed by atoms with Crippen LogP contribution in [0, 0.1) is 5.92 Å². The molecule has 1 atom stereocenters. The van der Waals surface area contributed by atoms with Gasteiger partial charge < -0.3 is 14.8 Å². The molecule has 2 heterocycles. The van der Waals surface area contributed by atoms with Crippen LogP contribution in [0.4, 0.5) is 0 Å². The standard InChI is InChI=1S/C25H33N3O2/c1-17-11-13-20(14-12-17)28-23(29)22-15-18-7-3-6-10-21(18)27(22)16-25(28,2)24(30)26-19-8-4-5-9-19/h3,6-7,10,15,17,19-20H,4-5,8-9,11-14,16H2,1-2H3,(H,26,30). The number of nitrogens with one attached hydrogen (secondary N) is 1. The molecule has 2 aromatic rings. The number of rotatable bonds is 3. The molecule has 1 aliphatic heterocycles. The van der Waals surface area contributed by atoms with E-state index in [0.717, 1.165) is 55.1 Å². The maximum atomic E-state index is 13.8. The number of fused-ring (bicyclic) bond motifs is 3. The highest BCUT2D eigenvalue weighted by atomic mass is 16.2. The quantitative estimate of drug-likeness (QED) is 0.815. The molecule has 5 heteroatoms. The van der Waals surface area contributed by atoms with Gasteiger partial charge in [-0.05, 0) is 63.5 Å². The number of carbonyl (C=O) groups excluding carboxylic acids is 2. The van der Waals surface area contributed by atoms with E-state index in [0.29, 0.717) is 12.5 Å². The summed E-state index contributed by atoms with van der Waals surface area (Å²) in [5, 5.41) is 4.38. The van der Waals surface area contributed by atoms with Crippen molar-refractivity contribution >= 4 is 22.7 Å². The van der Waals surface area contributed by atoms with E-state index in [1.54, 1.807) is 0 Å². The molecule has 3 aliphatic rings. The van der Waals surface area contributed by atoms with Crippen molar-refractivity contribution in [2.75, 3.05) is 0 Å². The maximum absolute atomic E-state index is 13.8. The first-order valence-corrected chi connectivity index (χ1v) is 11.7. The molecule has 1 aromatic carbocycles. The van der Waals surface area contributed by atoms with Gasteiger partial charge in [0.25, 0.3) is 5.91 Å². The van der Waals surface area contributed by atoms with Crippen molar-refractivity contribution < 1.29 is 9.59 Å². The number of aromatic nitrogens is 1. The van der Waals surface area contributed by atoms with Crippen molar-refractivity contribution in [3.05, 3.63) is 36.0 Å². The SMILES string of the molecule is CC1CCC(N2C(=O)c3cc4ccccc4n3CC2(C)C(=O)NC2CCCC2)CC1. The van der Waals surface area contributed by atoms with Crippen LogP contribution in [0.1, 0.15) is 75.7 Å². The Morgan fingerprint density at radius 3 is 2.50 bits per heavy atom. The molecule has 1 aromatic heterocycles. The summed E-state index contributed by atoms with van der Waals surface area (Å²) in [6.07, 6.45) is 8.67. The Morgan fingerprint density at radius 1 is 1.07 bits per heavy atom. The maximum Gasteiger partial charge on any atom is 0.271 e. The average molecular weight is 408 g/mol. The summed E-state index contributed by atoms with van der Waals surface area (Å²) < 4.78 is 2.08. The first-order valence-electron chi connectivity index (χ1n) is 11.7. The molecule has 160 valence electrons. The number of benzene rings is 1. The molecule has 5 nitrogen and oxygen atoms in total. The van der Waals surface area contributed by atoms with Crippen molar-refractivity contribution in [3.8, 4) is 0 Å². The molecule has 2 aliphatic carbocycles. The Bertz CT molecular complexity index is 966. The smallest absolute Gasteiger partial charge is 0.271 e. The highest BCUT2D eigenvalue weighted by molar-refractivity contribution is 6.03. The topological polar surface area (TPSA) is 54.3 Å². The largest absolute Gasteiger partial charge is 0.351 e. The van der Waals surface area contributed by atoms with Crippen LogP contribution in [0.3, 0.4) is 0 Å². The summed E-state index contributed by atoms with van der Waals surface area (Å²) in [5.41, 5.74) is 0.901. The Labute approximate surface area is 178 Å². The third-order valence-electron chi connectivity index (χ3n) is 7.78. The van der Waals surface area contributed by atoms with Gasteiger partial charge in [-0.3, -0.25) is 9.59 Å². The van der Waals surface area contributed by atoms with E-state index in [9.17, 15) is 9.59 Å². The van der Waals surface area contributed by atoms with E-state index in [1.807, 2.05) is 30.0 Å². The van der Waals surface area contributed by atoms with Gasteiger partial charge in [-0.25, -0.2) is 0 Å². The van der Waals surface area contributed by atoms with Gasteiger partial charge in [-0.2, -0.15) is 0 Å². The monoisotopic (exact) mass is 407 g/mol. The minimum atomic E-state index is -0.861. The van der Waals surface area contributed by atoms with Gasteiger partial charge in [0.05, 0.1) is 6.54 Å². The number of hydrogen-bond acceptors (Lipinski definition) is 2. The first-order chi connectivity index (χ1) is 14.5. The van der Waals surface area contributed by atoms with Crippen LogP contribution in [-0.2, 0) is 11.3 Å². The first kappa shape index (κ1) is 19.7. The van der Waals surface area contributed by atoms with Crippen LogP contribution in [0.5, 0.6) is 0 Å². The Kier molecular flexibility index (Phi) is 4.87. The zero-order chi connectivity index (χ0) is 20.9. The van der Waals surface area contributed by atoms with E-state index in [-0.39, 0.29) is 23.9 Å². The van der Waals surface area contributed by atoms with Crippen LogP contribution in [0.25, 0.3) is 10.9 Å². The third-order valence-corrected chi connectivity index (χ3v) is 7.78. The van der Waals surface area contributed by atoms with E-state index in [2.05, 4.69) is 28.9 Å². The molecule has 2 fully saturated rings. The molecule has 30 heavy (non-hydrogen) atoms. The Hall–Kier alpha value is -2.30. The lowest BCUT2D eigenvalue weighted by atomic mass is 9.82. The molecule has 2 saturated carbocycles. The van der Waals surface area contributed by atoms with E-state index in [1.165, 1.54) is 12.8 Å². The van der Waals surface area contributed by atoms with Crippen LogP contribution >= 0.6 is 0 Å². The van der Waals surface area contributed by atoms with E-state index >= 15 is 0 Å². The van der Waals surface area contributed by atoms with Gasteiger partial charge in [0.15, 0.2) is 0 Å². The van der Waals surface area contributed by atoms with Gasteiger partial charge in [0.1, 0.15) is 11.2 Å². The van der Waals surface area contributed by atoms with Crippen molar-refractivity contribution in [2.45, 2.75) is 89.4 Å². The summed E-state index contributed by atoms with van der Waals surface area (Å²) in [6.45, 7) is 4.80. The zero-order valence-corrected chi connectivity index (χ0v) is 18.2. The summed E-state index contributed by atoms with van der Waals surface area (Å²) >= 11 is 0. The fourth-order valence-electron chi connectivity index (χ4n) is 5.95. The second kappa shape index (κ2) is 7.44. The lowest BCUT2D eigenvalue weighted by Crippen LogP contribution is -2.67. The van der Waals surface area contributed by atoms with Crippen LogP contribution in [-0.4, -0.2) is 38.9 Å². The highest BCUT2D eigenvalue weighted by Gasteiger charge is 2.51. The molecule has 0 saturated heterocycles. The third kappa shape index (κ3) is 3.14. The summed E-state index contributed by atoms with van der Waals surface area (Å²) in [4.78, 5) is 29.5. The summed E-state index contributed by atoms with van der Waals surface area (Å²) in [5.74, 6) is 0.733. The molecule has 1 N–H and O–H groups in total. The van der Waals surface area contributed by atoms with Gasteiger partial charge in [0.2, 0.25) is 5.91 Å². The van der Waals surface area contributed by atoms with Gasteiger partial charge in [-0.15, -0.1) is 0 Å². The lowest BCUT2D eigenvalue weighted by Gasteiger charge is -2.49. The second-order valence-electron chi connectivity index (χ2n) is 9.99. The van der Waals surface area contributed by atoms with Crippen LogP contribution in [0.2, 0.25) is 0 Å². The van der Waals surface area contributed by atoms with Crippen molar-refractivity contribution in [1.82, 2.24) is 14.8 Å². The molecule has 1 unspecified atom stereocenters. The molecular formula is C25H33N3O2. The van der Waals surface area contributed by atoms with Crippen molar-refractivity contribution in [1.29, 1.82) is 0 Å². The lowest BCUT2D eigenvalue weighted by molar-refractivity contribution is -0.135. The molecular weight excluding hydrogens is 374 g/mol.